The maximum Gasteiger partial charge on any atom is 0.301 e. The molecular formula is C26H19ClN2O3S. The number of aryl methyl sites for hydroxylation is 2. The summed E-state index contributed by atoms with van der Waals surface area (Å²) in [4.78, 5) is 32.5. The predicted molar refractivity (Wildman–Crippen MR) is 132 cm³/mol. The zero-order valence-corrected chi connectivity index (χ0v) is 19.4. The molecule has 1 aromatic heterocycles. The first kappa shape index (κ1) is 21.4. The lowest BCUT2D eigenvalue weighted by molar-refractivity contribution is -0.132. The van der Waals surface area contributed by atoms with Crippen LogP contribution in [0.3, 0.4) is 0 Å². The number of hydrogen-bond donors (Lipinski definition) is 1. The van der Waals surface area contributed by atoms with Crippen molar-refractivity contribution < 1.29 is 14.7 Å². The molecule has 0 radical (unpaired) electrons. The summed E-state index contributed by atoms with van der Waals surface area (Å²) in [6.45, 7) is 3.92. The Bertz CT molecular complexity index is 1460. The van der Waals surface area contributed by atoms with Gasteiger partial charge in [-0.05, 0) is 49.2 Å². The normalized spacial score (nSPS) is 17.8. The highest BCUT2D eigenvalue weighted by molar-refractivity contribution is 7.22. The fraction of sp³-hybridized carbons (Fsp3) is 0.115. The highest BCUT2D eigenvalue weighted by Crippen LogP contribution is 2.44. The predicted octanol–water partition coefficient (Wildman–Crippen LogP) is 6.19. The topological polar surface area (TPSA) is 70.5 Å². The quantitative estimate of drug-likeness (QED) is 0.218. The summed E-state index contributed by atoms with van der Waals surface area (Å²) in [5, 5.41) is 12.0. The van der Waals surface area contributed by atoms with Crippen LogP contribution in [0.4, 0.5) is 5.13 Å². The lowest BCUT2D eigenvalue weighted by Gasteiger charge is -2.23. The number of halogens is 1. The number of carbonyl (C=O) groups excluding carboxylic acids is 2. The standard InChI is InChI=1S/C26H19ClN2O3S/c1-14-6-9-16(10-7-14)23(30)21-22(17-4-3-5-18(27)13-17)29(25(32)24(21)31)26-28-19-11-8-15(2)12-20(19)33-26/h3-13,22,30H,1-2H3/t22-/m0/s1. The molecule has 1 atom stereocenters. The lowest BCUT2D eigenvalue weighted by Crippen LogP contribution is -2.29. The van der Waals surface area contributed by atoms with E-state index >= 15 is 0 Å². The fourth-order valence-electron chi connectivity index (χ4n) is 4.01. The van der Waals surface area contributed by atoms with E-state index < -0.39 is 17.7 Å². The van der Waals surface area contributed by atoms with Crippen molar-refractivity contribution in [3.63, 3.8) is 0 Å². The Hall–Kier alpha value is -3.48. The van der Waals surface area contributed by atoms with Gasteiger partial charge in [0.2, 0.25) is 0 Å². The van der Waals surface area contributed by atoms with Gasteiger partial charge in [0.05, 0.1) is 21.8 Å². The minimum atomic E-state index is -0.855. The second-order valence-electron chi connectivity index (χ2n) is 8.06. The van der Waals surface area contributed by atoms with E-state index in [-0.39, 0.29) is 11.3 Å². The minimum absolute atomic E-state index is 0.0153. The Morgan fingerprint density at radius 2 is 1.73 bits per heavy atom. The number of amides is 1. The number of ketones is 1. The smallest absolute Gasteiger partial charge is 0.301 e. The Kier molecular flexibility index (Phi) is 5.27. The van der Waals surface area contributed by atoms with Crippen LogP contribution >= 0.6 is 22.9 Å². The molecule has 0 saturated carbocycles. The van der Waals surface area contributed by atoms with Crippen LogP contribution in [0.15, 0.2) is 72.3 Å². The number of benzene rings is 3. The van der Waals surface area contributed by atoms with Gasteiger partial charge in [-0.3, -0.25) is 14.5 Å². The van der Waals surface area contributed by atoms with Crippen LogP contribution in [-0.2, 0) is 9.59 Å². The second-order valence-corrected chi connectivity index (χ2v) is 9.50. The lowest BCUT2D eigenvalue weighted by atomic mass is 9.95. The van der Waals surface area contributed by atoms with E-state index in [4.69, 9.17) is 11.6 Å². The number of rotatable bonds is 3. The van der Waals surface area contributed by atoms with Crippen molar-refractivity contribution in [1.82, 2.24) is 4.98 Å². The van der Waals surface area contributed by atoms with Crippen LogP contribution in [0.25, 0.3) is 16.0 Å². The van der Waals surface area contributed by atoms with Gasteiger partial charge >= 0.3 is 5.91 Å². The maximum atomic E-state index is 13.3. The van der Waals surface area contributed by atoms with E-state index in [2.05, 4.69) is 4.98 Å². The van der Waals surface area contributed by atoms with E-state index in [0.29, 0.717) is 21.3 Å². The molecule has 1 aliphatic rings. The summed E-state index contributed by atoms with van der Waals surface area (Å²) >= 11 is 7.59. The third-order valence-electron chi connectivity index (χ3n) is 5.67. The van der Waals surface area contributed by atoms with Crippen LogP contribution in [0, 0.1) is 13.8 Å². The van der Waals surface area contributed by atoms with E-state index in [1.807, 2.05) is 44.2 Å². The second kappa shape index (κ2) is 8.14. The van der Waals surface area contributed by atoms with Crippen LogP contribution in [-0.4, -0.2) is 21.8 Å². The first-order valence-corrected chi connectivity index (χ1v) is 11.5. The van der Waals surface area contributed by atoms with Gasteiger partial charge in [-0.15, -0.1) is 0 Å². The van der Waals surface area contributed by atoms with E-state index in [0.717, 1.165) is 21.3 Å². The fourth-order valence-corrected chi connectivity index (χ4v) is 5.30. The third kappa shape index (κ3) is 3.71. The molecule has 4 aromatic rings. The molecule has 1 saturated heterocycles. The van der Waals surface area contributed by atoms with E-state index in [1.54, 1.807) is 36.4 Å². The molecule has 33 heavy (non-hydrogen) atoms. The van der Waals surface area contributed by atoms with Crippen molar-refractivity contribution in [1.29, 1.82) is 0 Å². The van der Waals surface area contributed by atoms with Gasteiger partial charge in [-0.25, -0.2) is 4.98 Å². The van der Waals surface area contributed by atoms with E-state index in [9.17, 15) is 14.7 Å². The van der Waals surface area contributed by atoms with Gasteiger partial charge in [-0.1, -0.05) is 71.0 Å². The minimum Gasteiger partial charge on any atom is -0.507 e. The molecule has 0 bridgehead atoms. The number of hydrogen-bond acceptors (Lipinski definition) is 5. The molecule has 3 aromatic carbocycles. The molecule has 1 N–H and O–H groups in total. The zero-order valence-electron chi connectivity index (χ0n) is 17.9. The molecule has 0 unspecified atom stereocenters. The number of Topliss-reactive ketones (excluding diaryl/α,β-unsaturated/α-hetero) is 1. The molecular weight excluding hydrogens is 456 g/mol. The Balaban J connectivity index is 1.74. The summed E-state index contributed by atoms with van der Waals surface area (Å²) in [6, 6.07) is 19.1. The number of aromatic nitrogens is 1. The van der Waals surface area contributed by atoms with Crippen LogP contribution < -0.4 is 4.90 Å². The van der Waals surface area contributed by atoms with E-state index in [1.165, 1.54) is 16.2 Å². The Labute approximate surface area is 199 Å². The Morgan fingerprint density at radius 1 is 1.00 bits per heavy atom. The molecule has 164 valence electrons. The van der Waals surface area contributed by atoms with Crippen LogP contribution in [0.2, 0.25) is 5.02 Å². The molecule has 5 rings (SSSR count). The molecule has 2 heterocycles. The summed E-state index contributed by atoms with van der Waals surface area (Å²) in [5.41, 5.74) is 3.93. The molecule has 1 fully saturated rings. The maximum absolute atomic E-state index is 13.3. The van der Waals surface area contributed by atoms with Crippen molar-refractivity contribution in [3.05, 3.63) is 99.6 Å². The molecule has 1 amide bonds. The molecule has 0 spiro atoms. The summed E-state index contributed by atoms with van der Waals surface area (Å²) in [6.07, 6.45) is 0. The van der Waals surface area contributed by atoms with Gasteiger partial charge in [0, 0.05) is 10.6 Å². The third-order valence-corrected chi connectivity index (χ3v) is 6.93. The number of aliphatic hydroxyl groups is 1. The highest BCUT2D eigenvalue weighted by atomic mass is 35.5. The SMILES string of the molecule is Cc1ccc(C(O)=C2C(=O)C(=O)N(c3nc4ccc(C)cc4s3)[C@H]2c2cccc(Cl)c2)cc1. The van der Waals surface area contributed by atoms with Gasteiger partial charge < -0.3 is 5.11 Å². The van der Waals surface area contributed by atoms with Crippen molar-refractivity contribution in [2.45, 2.75) is 19.9 Å². The van der Waals surface area contributed by atoms with Crippen molar-refractivity contribution >= 4 is 55.7 Å². The molecule has 5 nitrogen and oxygen atoms in total. The Morgan fingerprint density at radius 3 is 2.45 bits per heavy atom. The van der Waals surface area contributed by atoms with Crippen LogP contribution in [0.5, 0.6) is 0 Å². The number of aliphatic hydroxyl groups excluding tert-OH is 1. The average Bonchev–Trinajstić information content (AvgIpc) is 3.32. The largest absolute Gasteiger partial charge is 0.507 e. The zero-order chi connectivity index (χ0) is 23.3. The summed E-state index contributed by atoms with van der Waals surface area (Å²) in [7, 11) is 0. The number of anilines is 1. The summed E-state index contributed by atoms with van der Waals surface area (Å²) in [5.74, 6) is -1.71. The number of carbonyl (C=O) groups is 2. The van der Waals surface area contributed by atoms with Gasteiger partial charge in [0.25, 0.3) is 5.78 Å². The first-order valence-electron chi connectivity index (χ1n) is 10.3. The summed E-state index contributed by atoms with van der Waals surface area (Å²) < 4.78 is 0.912. The molecule has 0 aliphatic carbocycles. The van der Waals surface area contributed by atoms with Gasteiger partial charge in [0.15, 0.2) is 5.13 Å². The first-order chi connectivity index (χ1) is 15.8. The highest BCUT2D eigenvalue weighted by Gasteiger charge is 2.48. The monoisotopic (exact) mass is 474 g/mol. The average molecular weight is 475 g/mol. The van der Waals surface area contributed by atoms with Gasteiger partial charge in [0.1, 0.15) is 5.76 Å². The van der Waals surface area contributed by atoms with Crippen molar-refractivity contribution in [2.75, 3.05) is 4.90 Å². The van der Waals surface area contributed by atoms with Gasteiger partial charge in [-0.2, -0.15) is 0 Å². The van der Waals surface area contributed by atoms with Crippen molar-refractivity contribution in [3.8, 4) is 0 Å². The molecule has 1 aliphatic heterocycles. The number of thiazole rings is 1. The van der Waals surface area contributed by atoms with Crippen molar-refractivity contribution in [2.24, 2.45) is 0 Å². The number of nitrogens with zero attached hydrogens (tertiary/aromatic N) is 2. The molecule has 7 heteroatoms. The van der Waals surface area contributed by atoms with Crippen LogP contribution in [0.1, 0.15) is 28.3 Å². The number of fused-ring (bicyclic) bond motifs is 1.